The molecule has 0 aromatic heterocycles. The van der Waals surface area contributed by atoms with Gasteiger partial charge < -0.3 is 23.9 Å². The molecule has 0 rings (SSSR count). The maximum absolute atomic E-state index is 8.91. The van der Waals surface area contributed by atoms with Crippen molar-refractivity contribution in [1.29, 1.82) is 0 Å². The molecule has 0 aromatic rings. The third-order valence-corrected chi connectivity index (χ3v) is 0. The van der Waals surface area contributed by atoms with Gasteiger partial charge in [-0.3, -0.25) is 0 Å². The van der Waals surface area contributed by atoms with E-state index in [9.17, 15) is 0 Å². The smallest absolute Gasteiger partial charge is 0.404 e. The summed E-state index contributed by atoms with van der Waals surface area (Å²) in [6, 6.07) is 0. The first-order valence-corrected chi connectivity index (χ1v) is 2.62. The average Bonchev–Trinajstić information content (AvgIpc) is 0.722. The summed E-state index contributed by atoms with van der Waals surface area (Å²) in [4.78, 5) is 30.6. The molecule has 7 heteroatoms. The molecule has 0 amide bonds. The van der Waals surface area contributed by atoms with Crippen molar-refractivity contribution in [3.63, 3.8) is 0 Å². The molecule has 44 valence electrons. The summed E-state index contributed by atoms with van der Waals surface area (Å²) in [5.74, 6) is 0. The fourth-order valence-electron chi connectivity index (χ4n) is 0. The average molecular weight is 189 g/mol. The minimum Gasteiger partial charge on any atom is -0.794 e. The van der Waals surface area contributed by atoms with Crippen molar-refractivity contribution in [3.8, 4) is 0 Å². The second-order valence-electron chi connectivity index (χ2n) is 0.574. The largest absolute Gasteiger partial charge is 0.794 e. The minimum absolute atomic E-state index is 0. The molecule has 0 bridgehead atoms. The predicted molar refractivity (Wildman–Crippen MR) is 21.0 cm³/mol. The van der Waals surface area contributed by atoms with E-state index in [-0.39, 0.29) is 22.3 Å². The van der Waals surface area contributed by atoms with E-state index in [1.54, 1.807) is 0 Å². The van der Waals surface area contributed by atoms with Crippen LogP contribution >= 0.6 is 0 Å². The van der Waals surface area contributed by atoms with Crippen molar-refractivity contribution in [1.82, 2.24) is 0 Å². The van der Waals surface area contributed by atoms with Crippen LogP contribution in [0.2, 0.25) is 0 Å². The Bertz CT molecular complexity index is 27.2. The number of hydrogen-bond acceptors (Lipinski definition) is 4. The zero-order valence-corrected chi connectivity index (χ0v) is 7.30. The van der Waals surface area contributed by atoms with Crippen LogP contribution < -0.4 is 9.50 Å². The Morgan fingerprint density at radius 1 is 1.14 bits per heavy atom. The Hall–Kier alpha value is 0.530. The topological polar surface area (TPSA) is 83.8 Å². The van der Waals surface area contributed by atoms with E-state index < -0.39 is 9.05 Å². The van der Waals surface area contributed by atoms with Gasteiger partial charge in [-0.1, -0.05) is 0 Å². The summed E-state index contributed by atoms with van der Waals surface area (Å²) < 4.78 is 0. The zero-order chi connectivity index (χ0) is 4.50. The van der Waals surface area contributed by atoms with Crippen LogP contribution in [-0.4, -0.2) is 41.0 Å². The third kappa shape index (κ3) is 477. The summed E-state index contributed by atoms with van der Waals surface area (Å²) >= 11 is 0. The summed E-state index contributed by atoms with van der Waals surface area (Å²) in [5.41, 5.74) is 0. The molecule has 7 heavy (non-hydrogen) atoms. The van der Waals surface area contributed by atoms with Crippen molar-refractivity contribution in [2.45, 2.75) is 0 Å². The van der Waals surface area contributed by atoms with Crippen molar-refractivity contribution in [2.75, 3.05) is 0 Å². The van der Waals surface area contributed by atoms with Crippen molar-refractivity contribution >= 4 is 26.6 Å². The number of rotatable bonds is 0. The van der Waals surface area contributed by atoms with Crippen LogP contribution in [0.5, 0.6) is 0 Å². The van der Waals surface area contributed by atoms with E-state index in [4.69, 9.17) is 19.2 Å². The molecule has 4 nitrogen and oxygen atoms in total. The maximum atomic E-state index is 8.91. The first-order chi connectivity index (χ1) is 2.00. The number of hydrogen-bond donors (Lipinski definition) is 3. The second kappa shape index (κ2) is 4.68. The fraction of sp³-hybridized carbons (Fsp3) is 0. The molecule has 0 aromatic carbocycles. The van der Waals surface area contributed by atoms with Crippen LogP contribution in [0.4, 0.5) is 0 Å². The van der Waals surface area contributed by atoms with Gasteiger partial charge in [0, 0.05) is 0 Å². The molecule has 0 aliphatic heterocycles. The van der Waals surface area contributed by atoms with Gasteiger partial charge in [-0.2, -0.15) is 0 Å². The van der Waals surface area contributed by atoms with Gasteiger partial charge >= 0.3 is 26.6 Å². The monoisotopic (exact) mass is 190 g/mol. The Labute approximate surface area is 51.3 Å². The van der Waals surface area contributed by atoms with Crippen LogP contribution in [0.25, 0.3) is 0 Å². The van der Waals surface area contributed by atoms with Crippen molar-refractivity contribution < 1.29 is 23.9 Å². The van der Waals surface area contributed by atoms with E-state index in [1.807, 2.05) is 0 Å². The summed E-state index contributed by atoms with van der Waals surface area (Å²) in [7, 11) is -4.86. The first kappa shape index (κ1) is 15.6. The van der Waals surface area contributed by atoms with Crippen LogP contribution in [0, 0.1) is 0 Å². The molecule has 0 saturated heterocycles. The van der Waals surface area contributed by atoms with Crippen LogP contribution in [0.1, 0.15) is 0 Å². The molecule has 0 atom stereocenters. The molecule has 0 fully saturated rings. The Kier molecular flexibility index (Phi) is 10.5. The third-order valence-electron chi connectivity index (χ3n) is 0. The molecule has 0 unspecified atom stereocenters. The van der Waals surface area contributed by atoms with Crippen molar-refractivity contribution in [3.05, 3.63) is 0 Å². The minimum atomic E-state index is -4.86. The van der Waals surface area contributed by atoms with E-state index >= 15 is 0 Å². The van der Waals surface area contributed by atoms with Crippen LogP contribution in [0.3, 0.4) is 0 Å². The van der Waals surface area contributed by atoms with Gasteiger partial charge in [0.05, 0.1) is 0 Å². The Balaban J connectivity index is -0.0000000800. The Morgan fingerprint density at radius 2 is 1.14 bits per heavy atom. The second-order valence-corrected chi connectivity index (χ2v) is 1.72. The van der Waals surface area contributed by atoms with Crippen LogP contribution in [0.15, 0.2) is 0 Å². The van der Waals surface area contributed by atoms with Crippen molar-refractivity contribution in [2.24, 2.45) is 0 Å². The maximum Gasteiger partial charge on any atom is 0.404 e. The molecular formula is H5FGeO4Si. The molecule has 0 saturated carbocycles. The van der Waals surface area contributed by atoms with Crippen LogP contribution in [-0.2, 0) is 0 Å². The number of halogens is 1. The standard InChI is InChI=1S/FH.GeH2.H3O4Si/c;;1-5(2,3)4/h1H;1H2;1-3H/q;+2;-1/p-1. The predicted octanol–water partition coefficient (Wildman–Crippen LogP) is -7.15. The molecule has 0 spiro atoms. The first-order valence-electron chi connectivity index (χ1n) is 0.875. The van der Waals surface area contributed by atoms with Gasteiger partial charge in [0.2, 0.25) is 0 Å². The van der Waals surface area contributed by atoms with Gasteiger partial charge in [0.1, 0.15) is 0 Å². The molecular weight excluding hydrogens is 184 g/mol. The quantitative estimate of drug-likeness (QED) is 0.330. The van der Waals surface area contributed by atoms with Gasteiger partial charge in [-0.25, -0.2) is 0 Å². The van der Waals surface area contributed by atoms with Gasteiger partial charge in [0.25, 0.3) is 0 Å². The normalized spacial score (nSPS) is 8.57. The van der Waals surface area contributed by atoms with E-state index in [1.165, 1.54) is 0 Å². The van der Waals surface area contributed by atoms with Gasteiger partial charge in [-0.15, -0.1) is 0 Å². The summed E-state index contributed by atoms with van der Waals surface area (Å²) in [6.45, 7) is 0. The van der Waals surface area contributed by atoms with E-state index in [0.29, 0.717) is 0 Å². The SMILES string of the molecule is [F-].[GeH2+2].[O-][Si](O)(O)O. The molecule has 0 heterocycles. The van der Waals surface area contributed by atoms with Gasteiger partial charge in [0.15, 0.2) is 0 Å². The molecule has 0 aliphatic rings. The Morgan fingerprint density at radius 3 is 1.14 bits per heavy atom. The summed E-state index contributed by atoms with van der Waals surface area (Å²) in [5, 5.41) is 0. The fourth-order valence-corrected chi connectivity index (χ4v) is 0. The van der Waals surface area contributed by atoms with E-state index in [2.05, 4.69) is 0 Å². The molecule has 0 aliphatic carbocycles. The zero-order valence-electron chi connectivity index (χ0n) is 3.33. The van der Waals surface area contributed by atoms with E-state index in [0.717, 1.165) is 0 Å². The summed E-state index contributed by atoms with van der Waals surface area (Å²) in [6.07, 6.45) is 0. The molecule has 3 N–H and O–H groups in total. The molecule has 0 radical (unpaired) electrons. The van der Waals surface area contributed by atoms with Gasteiger partial charge in [-0.05, 0) is 0 Å².